The second-order valence-corrected chi connectivity index (χ2v) is 3.14. The molecule has 0 aromatic heterocycles. The van der Waals surface area contributed by atoms with E-state index < -0.39 is 8.60 Å². The number of phenols is 1. The number of para-hydroxylation sites is 1. The Bertz CT molecular complexity index is 215. The van der Waals surface area contributed by atoms with Crippen LogP contribution in [0, 0.1) is 0 Å². The molecule has 5 nitrogen and oxygen atoms in total. The Labute approximate surface area is 90.3 Å². The van der Waals surface area contributed by atoms with Crippen LogP contribution >= 0.6 is 8.60 Å². The molecule has 2 N–H and O–H groups in total. The van der Waals surface area contributed by atoms with E-state index in [9.17, 15) is 0 Å². The zero-order valence-electron chi connectivity index (χ0n) is 8.66. The Balaban J connectivity index is 0. The minimum atomic E-state index is -1.58. The van der Waals surface area contributed by atoms with Crippen LogP contribution in [0.2, 0.25) is 0 Å². The zero-order valence-corrected chi connectivity index (χ0v) is 9.55. The van der Waals surface area contributed by atoms with Crippen molar-refractivity contribution >= 4 is 15.4 Å². The first-order valence-corrected chi connectivity index (χ1v) is 4.93. The summed E-state index contributed by atoms with van der Waals surface area (Å²) in [6, 6.07) is 8.71. The Morgan fingerprint density at radius 3 is 1.67 bits per heavy atom. The maximum absolute atomic E-state index is 8.63. The van der Waals surface area contributed by atoms with Crippen LogP contribution in [0.25, 0.3) is 0 Å². The van der Waals surface area contributed by atoms with Crippen LogP contribution in [0.3, 0.4) is 0 Å². The molecule has 0 aliphatic carbocycles. The van der Waals surface area contributed by atoms with E-state index in [-0.39, 0.29) is 0 Å². The van der Waals surface area contributed by atoms with E-state index >= 15 is 0 Å². The van der Waals surface area contributed by atoms with E-state index in [2.05, 4.69) is 9.05 Å². The Hall–Kier alpha value is -1.00. The number of carbonyl (C=O) groups excluding carboxylic acids is 1. The monoisotopic (exact) mass is 234 g/mol. The first-order chi connectivity index (χ1) is 7.20. The van der Waals surface area contributed by atoms with E-state index in [1.165, 1.54) is 14.2 Å². The van der Waals surface area contributed by atoms with Crippen LogP contribution < -0.4 is 0 Å². The van der Waals surface area contributed by atoms with Gasteiger partial charge < -0.3 is 23.8 Å². The van der Waals surface area contributed by atoms with Gasteiger partial charge in [-0.1, -0.05) is 18.2 Å². The highest BCUT2D eigenvalue weighted by Gasteiger charge is 1.94. The lowest BCUT2D eigenvalue weighted by molar-refractivity contribution is -0.0979. The van der Waals surface area contributed by atoms with Crippen LogP contribution in [-0.4, -0.2) is 31.0 Å². The third-order valence-electron chi connectivity index (χ3n) is 1.07. The number of phenolic OH excluding ortho intramolecular Hbond substituents is 1. The second kappa shape index (κ2) is 13.0. The third-order valence-corrected chi connectivity index (χ3v) is 1.69. The second-order valence-electron chi connectivity index (χ2n) is 1.94. The number of carbonyl (C=O) groups is 1. The molecular weight excluding hydrogens is 219 g/mol. The van der Waals surface area contributed by atoms with Crippen molar-refractivity contribution < 1.29 is 23.8 Å². The van der Waals surface area contributed by atoms with Crippen molar-refractivity contribution in [1.29, 1.82) is 0 Å². The smallest absolute Gasteiger partial charge is 0.329 e. The van der Waals surface area contributed by atoms with E-state index in [1.54, 1.807) is 24.3 Å². The number of rotatable bonds is 2. The summed E-state index contributed by atoms with van der Waals surface area (Å²) in [6.45, 7) is 2.00. The third kappa shape index (κ3) is 13.0. The van der Waals surface area contributed by atoms with E-state index in [1.807, 2.05) is 12.9 Å². The number of aromatic hydroxyl groups is 1. The van der Waals surface area contributed by atoms with E-state index in [4.69, 9.17) is 14.8 Å². The first kappa shape index (κ1) is 16.4. The maximum atomic E-state index is 8.63. The van der Waals surface area contributed by atoms with Crippen molar-refractivity contribution in [2.45, 2.75) is 0 Å². The number of hydrogen-bond acceptors (Lipinski definition) is 5. The van der Waals surface area contributed by atoms with Crippen molar-refractivity contribution in [2.24, 2.45) is 0 Å². The van der Waals surface area contributed by atoms with Crippen molar-refractivity contribution in [1.82, 2.24) is 0 Å². The minimum absolute atomic E-state index is 0.322. The summed E-state index contributed by atoms with van der Waals surface area (Å²) >= 11 is 0. The summed E-state index contributed by atoms with van der Waals surface area (Å²) in [5.74, 6) is 0.322. The number of benzene rings is 1. The highest BCUT2D eigenvalue weighted by molar-refractivity contribution is 7.40. The average molecular weight is 234 g/mol. The van der Waals surface area contributed by atoms with Gasteiger partial charge in [-0.15, -0.1) is 0 Å². The number of hydrogen-bond donors (Lipinski definition) is 2. The fourth-order valence-electron chi connectivity index (χ4n) is 0.503. The summed E-state index contributed by atoms with van der Waals surface area (Å²) in [5, 5.41) is 8.63. The van der Waals surface area contributed by atoms with Gasteiger partial charge in [-0.05, 0) is 12.1 Å². The van der Waals surface area contributed by atoms with Gasteiger partial charge in [-0.2, -0.15) is 0 Å². The molecule has 0 radical (unpaired) electrons. The highest BCUT2D eigenvalue weighted by Crippen LogP contribution is 2.28. The van der Waals surface area contributed by atoms with Gasteiger partial charge >= 0.3 is 8.60 Å². The minimum Gasteiger partial charge on any atom is -0.508 e. The molecule has 0 bridgehead atoms. The lowest BCUT2D eigenvalue weighted by Gasteiger charge is -1.98. The lowest BCUT2D eigenvalue weighted by Crippen LogP contribution is -1.75. The molecule has 6 heteroatoms. The SMILES string of the molecule is C=O.COP(O)OC.Oc1ccccc1. The van der Waals surface area contributed by atoms with Gasteiger partial charge in [0.2, 0.25) is 0 Å². The van der Waals surface area contributed by atoms with Crippen molar-refractivity contribution in [3.8, 4) is 5.75 Å². The van der Waals surface area contributed by atoms with Gasteiger partial charge in [0.05, 0.1) is 0 Å². The molecule has 0 heterocycles. The fourth-order valence-corrected chi connectivity index (χ4v) is 0.652. The fraction of sp³-hybridized carbons (Fsp3) is 0.222. The Morgan fingerprint density at radius 1 is 1.13 bits per heavy atom. The molecule has 0 saturated carbocycles. The molecule has 0 aliphatic rings. The molecule has 0 saturated heterocycles. The molecule has 1 aromatic carbocycles. The summed E-state index contributed by atoms with van der Waals surface area (Å²) in [6.07, 6.45) is 0. The lowest BCUT2D eigenvalue weighted by atomic mass is 10.3. The molecule has 0 spiro atoms. The average Bonchev–Trinajstić information content (AvgIpc) is 2.32. The van der Waals surface area contributed by atoms with Gasteiger partial charge in [0.25, 0.3) is 0 Å². The molecule has 0 aliphatic heterocycles. The summed E-state index contributed by atoms with van der Waals surface area (Å²) < 4.78 is 8.59. The molecule has 1 aromatic rings. The largest absolute Gasteiger partial charge is 0.508 e. The molecule has 0 fully saturated rings. The molecule has 15 heavy (non-hydrogen) atoms. The van der Waals surface area contributed by atoms with Gasteiger partial charge in [0, 0.05) is 14.2 Å². The van der Waals surface area contributed by atoms with Gasteiger partial charge in [-0.25, -0.2) is 0 Å². The molecular formula is C9H15O5P. The predicted octanol–water partition coefficient (Wildman–Crippen LogP) is 1.71. The predicted molar refractivity (Wildman–Crippen MR) is 58.4 cm³/mol. The summed E-state index contributed by atoms with van der Waals surface area (Å²) in [5.41, 5.74) is 0. The van der Waals surface area contributed by atoms with Crippen molar-refractivity contribution in [2.75, 3.05) is 14.2 Å². The molecule has 86 valence electrons. The van der Waals surface area contributed by atoms with Gasteiger partial charge in [0.15, 0.2) is 0 Å². The zero-order chi connectivity index (χ0) is 12.1. The van der Waals surface area contributed by atoms with E-state index in [0.717, 1.165) is 0 Å². The first-order valence-electron chi connectivity index (χ1n) is 3.80. The molecule has 0 amide bonds. The van der Waals surface area contributed by atoms with Crippen molar-refractivity contribution in [3.05, 3.63) is 30.3 Å². The van der Waals surface area contributed by atoms with Crippen LogP contribution in [0.4, 0.5) is 0 Å². The quantitative estimate of drug-likeness (QED) is 0.762. The van der Waals surface area contributed by atoms with Crippen LogP contribution in [0.1, 0.15) is 0 Å². The normalized spacial score (nSPS) is 8.27. The maximum Gasteiger partial charge on any atom is 0.329 e. The standard InChI is InChI=1S/C6H6O.C2H7O3P.CH2O/c7-6-4-2-1-3-5-6;1-4-6(3)5-2;1-2/h1-5,7H;3H,1-2H3;1H2. The highest BCUT2D eigenvalue weighted by atomic mass is 31.2. The van der Waals surface area contributed by atoms with Crippen molar-refractivity contribution in [3.63, 3.8) is 0 Å². The molecule has 0 atom stereocenters. The van der Waals surface area contributed by atoms with Gasteiger partial charge in [-0.3, -0.25) is 0 Å². The Morgan fingerprint density at radius 2 is 1.53 bits per heavy atom. The van der Waals surface area contributed by atoms with E-state index in [0.29, 0.717) is 5.75 Å². The van der Waals surface area contributed by atoms with Crippen LogP contribution in [0.15, 0.2) is 30.3 Å². The topological polar surface area (TPSA) is 76.0 Å². The molecule has 1 rings (SSSR count). The summed E-state index contributed by atoms with van der Waals surface area (Å²) in [7, 11) is 1.19. The van der Waals surface area contributed by atoms with Crippen LogP contribution in [-0.2, 0) is 13.8 Å². The van der Waals surface area contributed by atoms with Gasteiger partial charge in [0.1, 0.15) is 12.5 Å². The molecule has 0 unspecified atom stereocenters. The summed E-state index contributed by atoms with van der Waals surface area (Å²) in [4.78, 5) is 16.3. The van der Waals surface area contributed by atoms with Crippen LogP contribution in [0.5, 0.6) is 5.75 Å². The Kier molecular flexibility index (Phi) is 14.2.